The van der Waals surface area contributed by atoms with Crippen molar-refractivity contribution >= 4 is 44.4 Å². The molecule has 0 aliphatic heterocycles. The monoisotopic (exact) mass is 326 g/mol. The van der Waals surface area contributed by atoms with Crippen molar-refractivity contribution in [2.75, 3.05) is 24.7 Å². The zero-order valence-corrected chi connectivity index (χ0v) is 13.4. The van der Waals surface area contributed by atoms with E-state index in [4.69, 9.17) is 5.73 Å². The summed E-state index contributed by atoms with van der Waals surface area (Å²) in [6, 6.07) is 8.02. The summed E-state index contributed by atoms with van der Waals surface area (Å²) in [7, 11) is 3.83. The number of nitroso groups, excluding NO2 is 1. The van der Waals surface area contributed by atoms with Gasteiger partial charge in [0.05, 0.1) is 16.8 Å². The van der Waals surface area contributed by atoms with Gasteiger partial charge >= 0.3 is 0 Å². The highest BCUT2D eigenvalue weighted by Crippen LogP contribution is 2.39. The predicted molar refractivity (Wildman–Crippen MR) is 93.7 cm³/mol. The van der Waals surface area contributed by atoms with Crippen LogP contribution in [-0.2, 0) is 0 Å². The van der Waals surface area contributed by atoms with Crippen LogP contribution in [0.2, 0.25) is 0 Å². The van der Waals surface area contributed by atoms with E-state index >= 15 is 0 Å². The van der Waals surface area contributed by atoms with Gasteiger partial charge in [-0.05, 0) is 35.5 Å². The summed E-state index contributed by atoms with van der Waals surface area (Å²) in [5, 5.41) is 3.62. The quantitative estimate of drug-likeness (QED) is 0.585. The van der Waals surface area contributed by atoms with Crippen LogP contribution in [-0.4, -0.2) is 24.9 Å². The lowest BCUT2D eigenvalue weighted by Gasteiger charge is -2.13. The van der Waals surface area contributed by atoms with Gasteiger partial charge in [-0.1, -0.05) is 0 Å². The number of nitrogens with two attached hydrogens (primary N) is 1. The first kappa shape index (κ1) is 15.1. The lowest BCUT2D eigenvalue weighted by Crippen LogP contribution is -2.09. The number of carbonyl (C=O) groups is 1. The predicted octanol–water partition coefficient (Wildman–Crippen LogP) is 3.57. The molecule has 0 aliphatic carbocycles. The molecule has 7 heteroatoms. The van der Waals surface area contributed by atoms with Crippen LogP contribution in [0.3, 0.4) is 0 Å². The maximum Gasteiger partial charge on any atom is 0.205 e. The van der Waals surface area contributed by atoms with Crippen molar-refractivity contribution in [3.63, 3.8) is 0 Å². The summed E-state index contributed by atoms with van der Waals surface area (Å²) < 4.78 is 0. The van der Waals surface area contributed by atoms with Crippen molar-refractivity contribution in [1.29, 1.82) is 0 Å². The molecule has 2 aromatic heterocycles. The van der Waals surface area contributed by atoms with Gasteiger partial charge in [0.2, 0.25) is 5.78 Å². The van der Waals surface area contributed by atoms with Gasteiger partial charge in [0.15, 0.2) is 0 Å². The second kappa shape index (κ2) is 5.77. The Labute approximate surface area is 136 Å². The molecule has 3 aromatic rings. The highest BCUT2D eigenvalue weighted by molar-refractivity contribution is 7.21. The third kappa shape index (κ3) is 2.55. The lowest BCUT2D eigenvalue weighted by molar-refractivity contribution is 0.104. The maximum atomic E-state index is 12.7. The molecule has 3 rings (SSSR count). The zero-order valence-electron chi connectivity index (χ0n) is 12.6. The van der Waals surface area contributed by atoms with Gasteiger partial charge in [-0.2, -0.15) is 0 Å². The number of ketones is 1. The van der Waals surface area contributed by atoms with Gasteiger partial charge in [0.25, 0.3) is 0 Å². The van der Waals surface area contributed by atoms with Crippen molar-refractivity contribution < 1.29 is 4.79 Å². The first-order chi connectivity index (χ1) is 11.0. The second-order valence-electron chi connectivity index (χ2n) is 5.22. The molecule has 0 saturated heterocycles. The summed E-state index contributed by atoms with van der Waals surface area (Å²) in [5.41, 5.74) is 8.32. The smallest absolute Gasteiger partial charge is 0.205 e. The molecule has 2 N–H and O–H groups in total. The van der Waals surface area contributed by atoms with Crippen LogP contribution in [0.15, 0.2) is 41.7 Å². The van der Waals surface area contributed by atoms with Crippen LogP contribution < -0.4 is 10.6 Å². The van der Waals surface area contributed by atoms with Gasteiger partial charge in [0.1, 0.15) is 15.4 Å². The summed E-state index contributed by atoms with van der Waals surface area (Å²) in [4.78, 5) is 30.6. The fourth-order valence-electron chi connectivity index (χ4n) is 2.37. The maximum absolute atomic E-state index is 12.7. The van der Waals surface area contributed by atoms with E-state index in [9.17, 15) is 9.70 Å². The number of benzene rings is 1. The van der Waals surface area contributed by atoms with E-state index in [2.05, 4.69) is 10.2 Å². The SMILES string of the molecule is CN(C)c1ccnc2sc(C(=O)c3ccc(N=O)cc3)c(N)c12. The number of thiophene rings is 1. The summed E-state index contributed by atoms with van der Waals surface area (Å²) >= 11 is 1.27. The second-order valence-corrected chi connectivity index (χ2v) is 6.22. The molecule has 0 atom stereocenters. The Balaban J connectivity index is 2.12. The first-order valence-corrected chi connectivity index (χ1v) is 7.67. The van der Waals surface area contributed by atoms with Gasteiger partial charge in [-0.25, -0.2) is 4.98 Å². The Hall–Kier alpha value is -2.80. The molecule has 0 amide bonds. The molecule has 6 nitrogen and oxygen atoms in total. The zero-order chi connectivity index (χ0) is 16.6. The molecule has 2 heterocycles. The molecule has 0 aliphatic rings. The summed E-state index contributed by atoms with van der Waals surface area (Å²) in [6.45, 7) is 0. The number of aromatic nitrogens is 1. The van der Waals surface area contributed by atoms with Crippen LogP contribution in [0.1, 0.15) is 15.2 Å². The molecule has 0 spiro atoms. The normalized spacial score (nSPS) is 10.7. The van der Waals surface area contributed by atoms with Crippen LogP contribution in [0.5, 0.6) is 0 Å². The fourth-order valence-corrected chi connectivity index (χ4v) is 3.42. The molecule has 0 radical (unpaired) electrons. The molecular formula is C16H14N4O2S. The molecule has 0 saturated carbocycles. The summed E-state index contributed by atoms with van der Waals surface area (Å²) in [6.07, 6.45) is 1.70. The van der Waals surface area contributed by atoms with Crippen LogP contribution in [0.25, 0.3) is 10.2 Å². The van der Waals surface area contributed by atoms with Gasteiger partial charge in [-0.15, -0.1) is 16.2 Å². The summed E-state index contributed by atoms with van der Waals surface area (Å²) in [5.74, 6) is -0.187. The third-order valence-corrected chi connectivity index (χ3v) is 4.64. The van der Waals surface area contributed by atoms with Crippen molar-refractivity contribution in [3.05, 3.63) is 51.9 Å². The van der Waals surface area contributed by atoms with E-state index in [-0.39, 0.29) is 11.5 Å². The van der Waals surface area contributed by atoms with E-state index < -0.39 is 0 Å². The van der Waals surface area contributed by atoms with Crippen molar-refractivity contribution in [1.82, 2.24) is 4.98 Å². The Bertz CT molecular complexity index is 900. The number of hydrogen-bond acceptors (Lipinski definition) is 7. The molecule has 23 heavy (non-hydrogen) atoms. The van der Waals surface area contributed by atoms with Crippen LogP contribution in [0.4, 0.5) is 17.1 Å². The first-order valence-electron chi connectivity index (χ1n) is 6.85. The molecular weight excluding hydrogens is 312 g/mol. The van der Waals surface area contributed by atoms with Gasteiger partial charge in [-0.3, -0.25) is 4.79 Å². The number of fused-ring (bicyclic) bond motifs is 1. The van der Waals surface area contributed by atoms with Crippen LogP contribution in [0, 0.1) is 4.91 Å². The third-order valence-electron chi connectivity index (χ3n) is 3.53. The minimum absolute atomic E-state index is 0.187. The fraction of sp³-hybridized carbons (Fsp3) is 0.125. The van der Waals surface area contributed by atoms with Gasteiger partial charge < -0.3 is 10.6 Å². The number of anilines is 2. The Morgan fingerprint density at radius 2 is 1.91 bits per heavy atom. The Morgan fingerprint density at radius 1 is 1.22 bits per heavy atom. The molecule has 116 valence electrons. The molecule has 1 aromatic carbocycles. The standard InChI is InChI=1S/C16H14N4O2S/c1-20(2)11-7-8-18-16-12(11)13(17)15(23-16)14(21)9-3-5-10(19-22)6-4-9/h3-8H,17H2,1-2H3. The number of hydrogen-bond donors (Lipinski definition) is 1. The highest BCUT2D eigenvalue weighted by Gasteiger charge is 2.21. The number of nitrogen functional groups attached to an aromatic ring is 1. The number of nitrogens with zero attached hydrogens (tertiary/aromatic N) is 3. The molecule has 0 bridgehead atoms. The van der Waals surface area contributed by atoms with Crippen molar-refractivity contribution in [2.45, 2.75) is 0 Å². The Kier molecular flexibility index (Phi) is 3.79. The van der Waals surface area contributed by atoms with Crippen molar-refractivity contribution in [3.8, 4) is 0 Å². The van der Waals surface area contributed by atoms with E-state index in [1.165, 1.54) is 23.5 Å². The topological polar surface area (TPSA) is 88.7 Å². The van der Waals surface area contributed by atoms with Crippen LogP contribution >= 0.6 is 11.3 Å². The number of rotatable bonds is 4. The highest BCUT2D eigenvalue weighted by atomic mass is 32.1. The van der Waals surface area contributed by atoms with E-state index in [1.807, 2.05) is 25.1 Å². The number of pyridine rings is 1. The van der Waals surface area contributed by atoms with E-state index in [1.54, 1.807) is 18.3 Å². The van der Waals surface area contributed by atoms with Crippen molar-refractivity contribution in [2.24, 2.45) is 5.18 Å². The largest absolute Gasteiger partial charge is 0.397 e. The minimum atomic E-state index is -0.187. The molecule has 0 unspecified atom stereocenters. The van der Waals surface area contributed by atoms with Gasteiger partial charge in [0, 0.05) is 25.9 Å². The average Bonchev–Trinajstić information content (AvgIpc) is 2.91. The van der Waals surface area contributed by atoms with E-state index in [0.717, 1.165) is 15.9 Å². The molecule has 0 fully saturated rings. The minimum Gasteiger partial charge on any atom is -0.397 e. The van der Waals surface area contributed by atoms with E-state index in [0.29, 0.717) is 16.1 Å². The lowest BCUT2D eigenvalue weighted by atomic mass is 10.1. The number of carbonyl (C=O) groups excluding carboxylic acids is 1. The Morgan fingerprint density at radius 3 is 2.52 bits per heavy atom. The average molecular weight is 326 g/mol.